The van der Waals surface area contributed by atoms with Gasteiger partial charge in [0.25, 0.3) is 0 Å². The van der Waals surface area contributed by atoms with Crippen LogP contribution in [0.1, 0.15) is 58.9 Å². The Hall–Kier alpha value is -1.95. The molecule has 34 heavy (non-hydrogen) atoms. The van der Waals surface area contributed by atoms with E-state index in [0.29, 0.717) is 17.2 Å². The highest BCUT2D eigenvalue weighted by Crippen LogP contribution is 2.49. The van der Waals surface area contributed by atoms with Crippen molar-refractivity contribution in [2.45, 2.75) is 59.4 Å². The highest BCUT2D eigenvalue weighted by atomic mass is 32.1. The Labute approximate surface area is 209 Å². The minimum absolute atomic E-state index is 0.331. The molecule has 1 saturated carbocycles. The molecule has 1 aromatic heterocycles. The standard InChI is InChI=1S/C29H41N3OS/c1-19-14-29(5,15-19)21(3)17-32-12-7-8-23(18-32)31-16-20(2)22(4)27(30-6)25-9-10-26-24(28(25)33)11-13-34-26/h9-11,13,19,23,31,33H,3,7-8,12,14-18H2,1-2,4-6H3/b22-20-,30-27+/t19?,23-,29?/m1/s1. The molecule has 1 saturated heterocycles. The van der Waals surface area contributed by atoms with Gasteiger partial charge in [-0.3, -0.25) is 9.89 Å². The third-order valence-corrected chi connectivity index (χ3v) is 8.99. The van der Waals surface area contributed by atoms with E-state index in [9.17, 15) is 5.11 Å². The first-order valence-electron chi connectivity index (χ1n) is 12.7. The molecule has 184 valence electrons. The summed E-state index contributed by atoms with van der Waals surface area (Å²) in [7, 11) is 1.81. The number of hydrogen-bond acceptors (Lipinski definition) is 5. The molecule has 1 atom stereocenters. The third kappa shape index (κ3) is 5.17. The van der Waals surface area contributed by atoms with E-state index in [4.69, 9.17) is 0 Å². The van der Waals surface area contributed by atoms with Gasteiger partial charge in [0.15, 0.2) is 0 Å². The molecule has 1 aliphatic carbocycles. The van der Waals surface area contributed by atoms with Crippen molar-refractivity contribution in [3.63, 3.8) is 0 Å². The molecular formula is C29H41N3OS. The van der Waals surface area contributed by atoms with Crippen LogP contribution in [0.3, 0.4) is 0 Å². The molecule has 1 aliphatic heterocycles. The Morgan fingerprint density at radius 1 is 1.29 bits per heavy atom. The number of hydrogen-bond donors (Lipinski definition) is 2. The number of rotatable bonds is 8. The molecule has 5 heteroatoms. The number of likely N-dealkylation sites (tertiary alicyclic amines) is 1. The summed E-state index contributed by atoms with van der Waals surface area (Å²) in [6.07, 6.45) is 5.03. The summed E-state index contributed by atoms with van der Waals surface area (Å²) < 4.78 is 1.10. The summed E-state index contributed by atoms with van der Waals surface area (Å²) in [5.41, 5.74) is 5.85. The van der Waals surface area contributed by atoms with Gasteiger partial charge in [-0.15, -0.1) is 11.3 Å². The highest BCUT2D eigenvalue weighted by molar-refractivity contribution is 7.17. The first-order valence-corrected chi connectivity index (χ1v) is 13.6. The summed E-state index contributed by atoms with van der Waals surface area (Å²) in [5.74, 6) is 1.18. The number of aliphatic imine (C=N–C) groups is 1. The molecule has 2 aromatic rings. The number of benzene rings is 1. The maximum absolute atomic E-state index is 10.9. The molecule has 1 aromatic carbocycles. The number of phenols is 1. The fourth-order valence-corrected chi connectivity index (χ4v) is 6.72. The maximum atomic E-state index is 10.9. The second-order valence-corrected chi connectivity index (χ2v) is 11.9. The average Bonchev–Trinajstić information content (AvgIpc) is 3.28. The first kappa shape index (κ1) is 25.2. The predicted octanol–water partition coefficient (Wildman–Crippen LogP) is 6.41. The van der Waals surface area contributed by atoms with Crippen molar-refractivity contribution in [2.75, 3.05) is 33.2 Å². The van der Waals surface area contributed by atoms with Crippen molar-refractivity contribution in [2.24, 2.45) is 16.3 Å². The van der Waals surface area contributed by atoms with E-state index in [1.54, 1.807) is 11.3 Å². The van der Waals surface area contributed by atoms with Crippen molar-refractivity contribution in [1.82, 2.24) is 10.2 Å². The summed E-state index contributed by atoms with van der Waals surface area (Å²) in [4.78, 5) is 7.16. The van der Waals surface area contributed by atoms with Crippen LogP contribution >= 0.6 is 11.3 Å². The predicted molar refractivity (Wildman–Crippen MR) is 147 cm³/mol. The highest BCUT2D eigenvalue weighted by Gasteiger charge is 2.40. The quantitative estimate of drug-likeness (QED) is 0.340. The molecule has 0 unspecified atom stereocenters. The Kier molecular flexibility index (Phi) is 7.66. The van der Waals surface area contributed by atoms with E-state index in [2.05, 4.69) is 55.5 Å². The topological polar surface area (TPSA) is 47.9 Å². The molecule has 0 radical (unpaired) electrons. The van der Waals surface area contributed by atoms with Gasteiger partial charge >= 0.3 is 0 Å². The minimum atomic E-state index is 0.331. The van der Waals surface area contributed by atoms with Crippen LogP contribution in [0.2, 0.25) is 0 Å². The van der Waals surface area contributed by atoms with Crippen LogP contribution in [0, 0.1) is 11.3 Å². The zero-order valence-corrected chi connectivity index (χ0v) is 22.4. The van der Waals surface area contributed by atoms with Crippen molar-refractivity contribution >= 4 is 27.1 Å². The van der Waals surface area contributed by atoms with Crippen molar-refractivity contribution in [1.29, 1.82) is 0 Å². The van der Waals surface area contributed by atoms with Crippen LogP contribution in [0.25, 0.3) is 10.1 Å². The lowest BCUT2D eigenvalue weighted by atomic mass is 9.60. The SMILES string of the molecule is C=C(CN1CCC[C@@H](NC/C(C)=C(C)\C(=N/C)c2ccc3sccc3c2O)C1)C1(C)CC(C)C1. The van der Waals surface area contributed by atoms with Gasteiger partial charge in [0.2, 0.25) is 0 Å². The number of thiophene rings is 1. The van der Waals surface area contributed by atoms with E-state index in [-0.39, 0.29) is 0 Å². The van der Waals surface area contributed by atoms with Gasteiger partial charge in [0.1, 0.15) is 5.75 Å². The minimum Gasteiger partial charge on any atom is -0.507 e. The zero-order valence-electron chi connectivity index (χ0n) is 21.6. The van der Waals surface area contributed by atoms with E-state index < -0.39 is 0 Å². The zero-order chi connectivity index (χ0) is 24.5. The molecular weight excluding hydrogens is 438 g/mol. The largest absolute Gasteiger partial charge is 0.507 e. The molecule has 0 bridgehead atoms. The molecule has 2 fully saturated rings. The number of phenolic OH excluding ortho intramolecular Hbond substituents is 1. The lowest BCUT2D eigenvalue weighted by molar-refractivity contribution is 0.111. The number of nitrogens with zero attached hydrogens (tertiary/aromatic N) is 2. The van der Waals surface area contributed by atoms with Gasteiger partial charge in [-0.1, -0.05) is 31.6 Å². The van der Waals surface area contributed by atoms with Crippen molar-refractivity contribution in [3.05, 3.63) is 52.4 Å². The smallest absolute Gasteiger partial charge is 0.133 e. The van der Waals surface area contributed by atoms with Gasteiger partial charge in [-0.05, 0) is 86.6 Å². The first-order chi connectivity index (χ1) is 16.2. The third-order valence-electron chi connectivity index (χ3n) is 8.11. The molecule has 2 aliphatic rings. The molecule has 4 nitrogen and oxygen atoms in total. The Bertz CT molecular complexity index is 1110. The van der Waals surface area contributed by atoms with E-state index >= 15 is 0 Å². The summed E-state index contributed by atoms with van der Waals surface area (Å²) >= 11 is 1.65. The van der Waals surface area contributed by atoms with E-state index in [1.165, 1.54) is 43.4 Å². The summed E-state index contributed by atoms with van der Waals surface area (Å²) in [6, 6.07) is 6.55. The second kappa shape index (κ2) is 10.3. The van der Waals surface area contributed by atoms with Crippen LogP contribution in [0.15, 0.2) is 51.9 Å². The summed E-state index contributed by atoms with van der Waals surface area (Å²) in [5, 5.41) is 17.6. The van der Waals surface area contributed by atoms with Crippen molar-refractivity contribution in [3.8, 4) is 5.75 Å². The number of aromatic hydroxyl groups is 1. The van der Waals surface area contributed by atoms with Gasteiger partial charge < -0.3 is 10.4 Å². The fraction of sp³-hybridized carbons (Fsp3) is 0.552. The molecule has 2 N–H and O–H groups in total. The van der Waals surface area contributed by atoms with Gasteiger partial charge in [0, 0.05) is 48.4 Å². The van der Waals surface area contributed by atoms with E-state index in [1.807, 2.05) is 24.6 Å². The van der Waals surface area contributed by atoms with Crippen LogP contribution in [0.4, 0.5) is 0 Å². The van der Waals surface area contributed by atoms with Crippen LogP contribution < -0.4 is 5.32 Å². The monoisotopic (exact) mass is 479 g/mol. The Balaban J connectivity index is 1.37. The van der Waals surface area contributed by atoms with Gasteiger partial charge in [-0.2, -0.15) is 0 Å². The van der Waals surface area contributed by atoms with Crippen LogP contribution in [-0.2, 0) is 0 Å². The van der Waals surface area contributed by atoms with Crippen LogP contribution in [-0.4, -0.2) is 55.0 Å². The lowest BCUT2D eigenvalue weighted by Gasteiger charge is -2.47. The fourth-order valence-electron chi connectivity index (χ4n) is 5.94. The van der Waals surface area contributed by atoms with Crippen LogP contribution in [0.5, 0.6) is 5.75 Å². The van der Waals surface area contributed by atoms with E-state index in [0.717, 1.165) is 52.5 Å². The Morgan fingerprint density at radius 2 is 2.06 bits per heavy atom. The average molecular weight is 480 g/mol. The van der Waals surface area contributed by atoms with Gasteiger partial charge in [-0.25, -0.2) is 0 Å². The summed E-state index contributed by atoms with van der Waals surface area (Å²) in [6.45, 7) is 17.6. The number of fused-ring (bicyclic) bond motifs is 1. The maximum Gasteiger partial charge on any atom is 0.133 e. The molecule has 0 spiro atoms. The Morgan fingerprint density at radius 3 is 2.76 bits per heavy atom. The number of nitrogens with one attached hydrogen (secondary N) is 1. The molecule has 0 amide bonds. The van der Waals surface area contributed by atoms with Crippen molar-refractivity contribution < 1.29 is 5.11 Å². The normalized spacial score (nSPS) is 26.9. The second-order valence-electron chi connectivity index (χ2n) is 10.9. The number of piperidine rings is 1. The van der Waals surface area contributed by atoms with Gasteiger partial charge in [0.05, 0.1) is 5.71 Å². The molecule has 4 rings (SSSR count). The lowest BCUT2D eigenvalue weighted by Crippen LogP contribution is -2.48. The molecule has 2 heterocycles. The number of allylic oxidation sites excluding steroid dienone is 1.